The highest BCUT2D eigenvalue weighted by Crippen LogP contribution is 2.02. The van der Waals surface area contributed by atoms with E-state index in [2.05, 4.69) is 5.32 Å². The lowest BCUT2D eigenvalue weighted by Gasteiger charge is -2.16. The van der Waals surface area contributed by atoms with Gasteiger partial charge in [0.2, 0.25) is 0 Å². The number of unbranched alkanes of at least 4 members (excludes halogenated alkanes) is 1. The van der Waals surface area contributed by atoms with Gasteiger partial charge in [-0.2, -0.15) is 0 Å². The van der Waals surface area contributed by atoms with Crippen molar-refractivity contribution in [3.8, 4) is 0 Å². The van der Waals surface area contributed by atoms with Crippen molar-refractivity contribution in [1.82, 2.24) is 5.32 Å². The first-order chi connectivity index (χ1) is 9.04. The maximum Gasteiger partial charge on any atom is 0.323 e. The molecule has 0 rings (SSSR count). The largest absolute Gasteiger partial charge is 0.514 e. The maximum absolute atomic E-state index is 11.5. The molecule has 0 saturated carbocycles. The second-order valence-corrected chi connectivity index (χ2v) is 4.27. The standard InChI is InChI=1S/C12H24N2O5/c1-9(6-15)14-5-3-2-4-11(13)12(18)19-10(7-16)8-17/h6,10-11,14-17H,2-5,7-8,13H2,1H3/b9-6-/t11-/m0/s1. The molecule has 0 aromatic carbocycles. The van der Waals surface area contributed by atoms with E-state index >= 15 is 0 Å². The van der Waals surface area contributed by atoms with Gasteiger partial charge in [-0.15, -0.1) is 0 Å². The van der Waals surface area contributed by atoms with Crippen LogP contribution >= 0.6 is 0 Å². The first kappa shape index (κ1) is 17.7. The molecule has 0 fully saturated rings. The first-order valence-electron chi connectivity index (χ1n) is 6.27. The van der Waals surface area contributed by atoms with Gasteiger partial charge in [-0.05, 0) is 26.2 Å². The Hall–Kier alpha value is -1.31. The van der Waals surface area contributed by atoms with E-state index in [0.717, 1.165) is 19.1 Å². The van der Waals surface area contributed by atoms with Crippen molar-refractivity contribution in [1.29, 1.82) is 0 Å². The second-order valence-electron chi connectivity index (χ2n) is 4.27. The molecule has 0 unspecified atom stereocenters. The van der Waals surface area contributed by atoms with E-state index in [1.165, 1.54) is 0 Å². The van der Waals surface area contributed by atoms with E-state index in [-0.39, 0.29) is 0 Å². The molecule has 0 radical (unpaired) electrons. The zero-order valence-electron chi connectivity index (χ0n) is 11.2. The van der Waals surface area contributed by atoms with Crippen molar-refractivity contribution in [2.45, 2.75) is 38.3 Å². The Labute approximate surface area is 113 Å². The minimum Gasteiger partial charge on any atom is -0.514 e. The molecule has 0 aliphatic heterocycles. The van der Waals surface area contributed by atoms with Crippen LogP contribution in [0.4, 0.5) is 0 Å². The average molecular weight is 276 g/mol. The van der Waals surface area contributed by atoms with Gasteiger partial charge in [-0.3, -0.25) is 4.79 Å². The molecule has 7 nitrogen and oxygen atoms in total. The quantitative estimate of drug-likeness (QED) is 0.205. The third-order valence-electron chi connectivity index (χ3n) is 2.53. The molecular formula is C12H24N2O5. The van der Waals surface area contributed by atoms with Gasteiger partial charge in [0.05, 0.1) is 19.5 Å². The summed E-state index contributed by atoms with van der Waals surface area (Å²) in [5.41, 5.74) is 6.31. The molecule has 0 aromatic heterocycles. The third kappa shape index (κ3) is 8.41. The van der Waals surface area contributed by atoms with Crippen molar-refractivity contribution >= 4 is 5.97 Å². The van der Waals surface area contributed by atoms with Gasteiger partial charge in [0.1, 0.15) is 12.1 Å². The summed E-state index contributed by atoms with van der Waals surface area (Å²) >= 11 is 0. The number of carbonyl (C=O) groups excluding carboxylic acids is 1. The molecule has 0 saturated heterocycles. The molecule has 19 heavy (non-hydrogen) atoms. The number of ether oxygens (including phenoxy) is 1. The average Bonchev–Trinajstić information content (AvgIpc) is 2.43. The number of aliphatic hydroxyl groups excluding tert-OH is 3. The fourth-order valence-corrected chi connectivity index (χ4v) is 1.32. The predicted octanol–water partition coefficient (Wildman–Crippen LogP) is -0.611. The second kappa shape index (κ2) is 10.6. The van der Waals surface area contributed by atoms with Gasteiger partial charge in [0.25, 0.3) is 0 Å². The van der Waals surface area contributed by atoms with Crippen LogP contribution in [0.5, 0.6) is 0 Å². The summed E-state index contributed by atoms with van der Waals surface area (Å²) in [6, 6.07) is -0.755. The van der Waals surface area contributed by atoms with Gasteiger partial charge >= 0.3 is 5.97 Å². The first-order valence-corrected chi connectivity index (χ1v) is 6.27. The molecule has 7 heteroatoms. The lowest BCUT2D eigenvalue weighted by molar-refractivity contribution is -0.155. The molecule has 0 aliphatic carbocycles. The number of nitrogens with one attached hydrogen (secondary N) is 1. The van der Waals surface area contributed by atoms with Gasteiger partial charge in [0, 0.05) is 12.2 Å². The van der Waals surface area contributed by atoms with Crippen LogP contribution in [-0.2, 0) is 9.53 Å². The molecule has 0 bridgehead atoms. The Bertz CT molecular complexity index is 279. The van der Waals surface area contributed by atoms with E-state index in [1.807, 2.05) is 0 Å². The van der Waals surface area contributed by atoms with Crippen LogP contribution in [0.15, 0.2) is 12.0 Å². The summed E-state index contributed by atoms with van der Waals surface area (Å²) in [6.45, 7) is 1.57. The minimum absolute atomic E-state index is 0.425. The Morgan fingerprint density at radius 1 is 1.37 bits per heavy atom. The Morgan fingerprint density at radius 2 is 2.00 bits per heavy atom. The Morgan fingerprint density at radius 3 is 2.53 bits per heavy atom. The van der Waals surface area contributed by atoms with Crippen LogP contribution in [0.25, 0.3) is 0 Å². The van der Waals surface area contributed by atoms with E-state index in [0.29, 0.717) is 18.7 Å². The number of rotatable bonds is 10. The van der Waals surface area contributed by atoms with Crippen molar-refractivity contribution in [2.24, 2.45) is 5.73 Å². The van der Waals surface area contributed by atoms with Crippen LogP contribution in [0.3, 0.4) is 0 Å². The van der Waals surface area contributed by atoms with E-state index < -0.39 is 31.3 Å². The van der Waals surface area contributed by atoms with Crippen LogP contribution in [0.2, 0.25) is 0 Å². The van der Waals surface area contributed by atoms with Crippen LogP contribution in [0.1, 0.15) is 26.2 Å². The number of aliphatic hydroxyl groups is 3. The summed E-state index contributed by atoms with van der Waals surface area (Å²) in [7, 11) is 0. The summed E-state index contributed by atoms with van der Waals surface area (Å²) in [5, 5.41) is 29.1. The van der Waals surface area contributed by atoms with Gasteiger partial charge in [-0.25, -0.2) is 0 Å². The van der Waals surface area contributed by atoms with E-state index in [9.17, 15) is 4.79 Å². The third-order valence-corrected chi connectivity index (χ3v) is 2.53. The Balaban J connectivity index is 3.73. The highest BCUT2D eigenvalue weighted by Gasteiger charge is 2.18. The molecule has 1 atom stereocenters. The summed E-state index contributed by atoms with van der Waals surface area (Å²) < 4.78 is 4.80. The Kier molecular flexibility index (Phi) is 9.87. The topological polar surface area (TPSA) is 125 Å². The van der Waals surface area contributed by atoms with Crippen LogP contribution in [-0.4, -0.2) is 53.2 Å². The van der Waals surface area contributed by atoms with Crippen LogP contribution < -0.4 is 11.1 Å². The molecule has 0 aliphatic rings. The number of hydrogen-bond donors (Lipinski definition) is 5. The monoisotopic (exact) mass is 276 g/mol. The summed E-state index contributed by atoms with van der Waals surface area (Å²) in [4.78, 5) is 11.5. The highest BCUT2D eigenvalue weighted by atomic mass is 16.6. The normalized spacial score (nSPS) is 13.4. The molecule has 0 aromatic rings. The molecule has 112 valence electrons. The highest BCUT2D eigenvalue weighted by molar-refractivity contribution is 5.75. The van der Waals surface area contributed by atoms with Crippen molar-refractivity contribution < 1.29 is 24.9 Å². The summed E-state index contributed by atoms with van der Waals surface area (Å²) in [5.74, 6) is -0.618. The number of hydrogen-bond acceptors (Lipinski definition) is 7. The van der Waals surface area contributed by atoms with E-state index in [1.54, 1.807) is 6.92 Å². The SMILES string of the molecule is C/C(=C/O)NCCCC[C@H](N)C(=O)OC(CO)CO. The smallest absolute Gasteiger partial charge is 0.323 e. The van der Waals surface area contributed by atoms with Crippen molar-refractivity contribution in [3.05, 3.63) is 12.0 Å². The van der Waals surface area contributed by atoms with Crippen LogP contribution in [0, 0.1) is 0 Å². The molecular weight excluding hydrogens is 252 g/mol. The predicted molar refractivity (Wildman–Crippen MR) is 70.3 cm³/mol. The fourth-order valence-electron chi connectivity index (χ4n) is 1.32. The van der Waals surface area contributed by atoms with Crippen molar-refractivity contribution in [3.63, 3.8) is 0 Å². The molecule has 0 spiro atoms. The number of esters is 1. The fraction of sp³-hybridized carbons (Fsp3) is 0.750. The lowest BCUT2D eigenvalue weighted by atomic mass is 10.1. The van der Waals surface area contributed by atoms with Crippen molar-refractivity contribution in [2.75, 3.05) is 19.8 Å². The molecule has 0 heterocycles. The molecule has 0 amide bonds. The maximum atomic E-state index is 11.5. The zero-order chi connectivity index (χ0) is 14.7. The van der Waals surface area contributed by atoms with Gasteiger partial charge < -0.3 is 31.1 Å². The van der Waals surface area contributed by atoms with E-state index in [4.69, 9.17) is 25.8 Å². The zero-order valence-corrected chi connectivity index (χ0v) is 11.2. The number of carbonyl (C=O) groups is 1. The number of allylic oxidation sites excluding steroid dienone is 1. The van der Waals surface area contributed by atoms with Gasteiger partial charge in [0.15, 0.2) is 0 Å². The minimum atomic E-state index is -0.905. The lowest BCUT2D eigenvalue weighted by Crippen LogP contribution is -2.37. The van der Waals surface area contributed by atoms with Gasteiger partial charge in [-0.1, -0.05) is 0 Å². The summed E-state index contributed by atoms with van der Waals surface area (Å²) in [6.07, 6.45) is 2.08. The molecule has 6 N–H and O–H groups in total. The number of nitrogens with two attached hydrogens (primary N) is 1.